The number of sulfonamides is 1. The second-order valence-corrected chi connectivity index (χ2v) is 8.69. The zero-order valence-corrected chi connectivity index (χ0v) is 16.2. The Bertz CT molecular complexity index is 905. The van der Waals surface area contributed by atoms with Gasteiger partial charge in [-0.2, -0.15) is 4.31 Å². The predicted octanol–water partition coefficient (Wildman–Crippen LogP) is 3.04. The number of aryl methyl sites for hydroxylation is 3. The molecule has 6 nitrogen and oxygen atoms in total. The highest BCUT2D eigenvalue weighted by Gasteiger charge is 2.29. The minimum Gasteiger partial charge on any atom is -0.421 e. The van der Waals surface area contributed by atoms with Crippen LogP contribution < -0.4 is 4.74 Å². The summed E-state index contributed by atoms with van der Waals surface area (Å²) in [6, 6.07) is 7.04. The summed E-state index contributed by atoms with van der Waals surface area (Å²) in [7, 11) is -1.93. The first-order valence-corrected chi connectivity index (χ1v) is 10.2. The average Bonchev–Trinajstić information content (AvgIpc) is 3.01. The van der Waals surface area contributed by atoms with Crippen molar-refractivity contribution in [1.29, 1.82) is 0 Å². The summed E-state index contributed by atoms with van der Waals surface area (Å²) in [5.74, 6) is -0.0517. The second kappa shape index (κ2) is 7.25. The van der Waals surface area contributed by atoms with Gasteiger partial charge in [0.25, 0.3) is 0 Å². The maximum Gasteiger partial charge on any atom is 0.360 e. The maximum atomic E-state index is 12.8. The van der Waals surface area contributed by atoms with E-state index in [1.54, 1.807) is 7.05 Å². The van der Waals surface area contributed by atoms with E-state index in [0.29, 0.717) is 18.8 Å². The van der Waals surface area contributed by atoms with Gasteiger partial charge in [-0.1, -0.05) is 24.6 Å². The van der Waals surface area contributed by atoms with Crippen molar-refractivity contribution < 1.29 is 17.9 Å². The fourth-order valence-corrected chi connectivity index (χ4v) is 4.83. The molecule has 1 aromatic heterocycles. The summed E-state index contributed by atoms with van der Waals surface area (Å²) < 4.78 is 34.2. The Balaban J connectivity index is 1.87. The summed E-state index contributed by atoms with van der Waals surface area (Å²) in [5.41, 5.74) is 1.92. The third-order valence-corrected chi connectivity index (χ3v) is 6.61. The monoisotopic (exact) mass is 376 g/mol. The van der Waals surface area contributed by atoms with Crippen molar-refractivity contribution in [2.45, 2.75) is 38.0 Å². The molecule has 0 N–H and O–H groups in total. The molecule has 0 aliphatic carbocycles. The SMILES string of the molecule is Cc1cccc(C)c1OC(=O)c1cc(S(=O)(=O)N2CCCCC2)cn1C. The first-order valence-electron chi connectivity index (χ1n) is 8.75. The number of hydrogen-bond acceptors (Lipinski definition) is 4. The van der Waals surface area contributed by atoms with Crippen LogP contribution in [0.3, 0.4) is 0 Å². The fourth-order valence-electron chi connectivity index (χ4n) is 3.24. The number of nitrogens with zero attached hydrogens (tertiary/aromatic N) is 2. The van der Waals surface area contributed by atoms with E-state index < -0.39 is 16.0 Å². The Morgan fingerprint density at radius 1 is 1.08 bits per heavy atom. The lowest BCUT2D eigenvalue weighted by atomic mass is 10.1. The molecule has 3 rings (SSSR count). The summed E-state index contributed by atoms with van der Waals surface area (Å²) in [4.78, 5) is 12.7. The van der Waals surface area contributed by atoms with Gasteiger partial charge in [0.2, 0.25) is 10.0 Å². The number of aromatic nitrogens is 1. The van der Waals surface area contributed by atoms with Crippen molar-refractivity contribution in [2.75, 3.05) is 13.1 Å². The van der Waals surface area contributed by atoms with E-state index >= 15 is 0 Å². The van der Waals surface area contributed by atoms with Crippen LogP contribution in [0, 0.1) is 13.8 Å². The zero-order valence-electron chi connectivity index (χ0n) is 15.4. The van der Waals surface area contributed by atoms with Gasteiger partial charge in [-0.05, 0) is 43.9 Å². The number of para-hydroxylation sites is 1. The lowest BCUT2D eigenvalue weighted by Crippen LogP contribution is -2.35. The van der Waals surface area contributed by atoms with Gasteiger partial charge in [0.15, 0.2) is 0 Å². The highest BCUT2D eigenvalue weighted by Crippen LogP contribution is 2.26. The normalized spacial score (nSPS) is 15.8. The fraction of sp³-hybridized carbons (Fsp3) is 0.421. The third-order valence-electron chi connectivity index (χ3n) is 4.75. The summed E-state index contributed by atoms with van der Waals surface area (Å²) in [5, 5.41) is 0. The van der Waals surface area contributed by atoms with Crippen molar-refractivity contribution in [3.05, 3.63) is 47.3 Å². The largest absolute Gasteiger partial charge is 0.421 e. The van der Waals surface area contributed by atoms with Crippen molar-refractivity contribution in [3.63, 3.8) is 0 Å². The number of carbonyl (C=O) groups excluding carboxylic acids is 1. The van der Waals surface area contributed by atoms with Gasteiger partial charge in [0, 0.05) is 26.3 Å². The maximum absolute atomic E-state index is 12.8. The molecule has 1 aliphatic rings. The van der Waals surface area contributed by atoms with E-state index in [4.69, 9.17) is 4.74 Å². The lowest BCUT2D eigenvalue weighted by molar-refractivity contribution is 0.0722. The molecule has 0 spiro atoms. The van der Waals surface area contributed by atoms with Gasteiger partial charge in [0.05, 0.1) is 0 Å². The molecule has 2 aromatic rings. The molecule has 26 heavy (non-hydrogen) atoms. The van der Waals surface area contributed by atoms with Gasteiger partial charge >= 0.3 is 5.97 Å². The Labute approximate surface area is 154 Å². The van der Waals surface area contributed by atoms with Crippen LogP contribution in [0.2, 0.25) is 0 Å². The standard InChI is InChI=1S/C19H24N2O4S/c1-14-8-7-9-15(2)18(14)25-19(22)17-12-16(13-20(17)3)26(23,24)21-10-5-4-6-11-21/h7-9,12-13H,4-6,10-11H2,1-3H3. The molecule has 2 heterocycles. The molecular weight excluding hydrogens is 352 g/mol. The highest BCUT2D eigenvalue weighted by atomic mass is 32.2. The minimum atomic E-state index is -3.58. The van der Waals surface area contributed by atoms with Crippen molar-refractivity contribution in [2.24, 2.45) is 7.05 Å². The van der Waals surface area contributed by atoms with E-state index in [1.807, 2.05) is 32.0 Å². The number of ether oxygens (including phenoxy) is 1. The van der Waals surface area contributed by atoms with Gasteiger partial charge in [-0.25, -0.2) is 13.2 Å². The van der Waals surface area contributed by atoms with Gasteiger partial charge < -0.3 is 9.30 Å². The number of piperidine rings is 1. The Kier molecular flexibility index (Phi) is 5.20. The number of rotatable bonds is 4. The molecule has 1 saturated heterocycles. The number of carbonyl (C=O) groups is 1. The van der Waals surface area contributed by atoms with Crippen LogP contribution in [0.25, 0.3) is 0 Å². The minimum absolute atomic E-state index is 0.135. The molecule has 0 unspecified atom stereocenters. The molecule has 0 atom stereocenters. The molecule has 0 bridgehead atoms. The Morgan fingerprint density at radius 2 is 1.69 bits per heavy atom. The molecule has 1 fully saturated rings. The van der Waals surface area contributed by atoms with Crippen molar-refractivity contribution in [1.82, 2.24) is 8.87 Å². The van der Waals surface area contributed by atoms with Crippen molar-refractivity contribution >= 4 is 16.0 Å². The summed E-state index contributed by atoms with van der Waals surface area (Å²) >= 11 is 0. The smallest absolute Gasteiger partial charge is 0.360 e. The summed E-state index contributed by atoms with van der Waals surface area (Å²) in [6.07, 6.45) is 4.26. The van der Waals surface area contributed by atoms with E-state index in [0.717, 1.165) is 30.4 Å². The molecule has 0 radical (unpaired) electrons. The second-order valence-electron chi connectivity index (χ2n) is 6.75. The molecule has 140 valence electrons. The number of hydrogen-bond donors (Lipinski definition) is 0. The zero-order chi connectivity index (χ0) is 18.9. The highest BCUT2D eigenvalue weighted by molar-refractivity contribution is 7.89. The van der Waals surface area contributed by atoms with Crippen LogP contribution in [-0.2, 0) is 17.1 Å². The predicted molar refractivity (Wildman–Crippen MR) is 98.9 cm³/mol. The van der Waals surface area contributed by atoms with Crippen LogP contribution in [0.1, 0.15) is 40.9 Å². The van der Waals surface area contributed by atoms with Gasteiger partial charge in [-0.3, -0.25) is 0 Å². The molecule has 0 saturated carbocycles. The summed E-state index contributed by atoms with van der Waals surface area (Å²) in [6.45, 7) is 4.79. The van der Waals surface area contributed by atoms with E-state index in [2.05, 4.69) is 0 Å². The molecule has 7 heteroatoms. The first-order chi connectivity index (χ1) is 12.3. The van der Waals surface area contributed by atoms with Crippen LogP contribution in [0.4, 0.5) is 0 Å². The lowest BCUT2D eigenvalue weighted by Gasteiger charge is -2.25. The Morgan fingerprint density at radius 3 is 2.31 bits per heavy atom. The van der Waals surface area contributed by atoms with Crippen LogP contribution >= 0.6 is 0 Å². The third kappa shape index (κ3) is 3.54. The molecule has 1 aliphatic heterocycles. The van der Waals surface area contributed by atoms with Crippen LogP contribution in [0.15, 0.2) is 35.4 Å². The number of benzene rings is 1. The van der Waals surface area contributed by atoms with Crippen molar-refractivity contribution in [3.8, 4) is 5.75 Å². The van der Waals surface area contributed by atoms with Gasteiger partial charge in [0.1, 0.15) is 16.3 Å². The van der Waals surface area contributed by atoms with E-state index in [-0.39, 0.29) is 10.6 Å². The molecule has 0 amide bonds. The molecule has 1 aromatic carbocycles. The van der Waals surface area contributed by atoms with E-state index in [9.17, 15) is 13.2 Å². The van der Waals surface area contributed by atoms with E-state index in [1.165, 1.54) is 21.1 Å². The topological polar surface area (TPSA) is 68.6 Å². The van der Waals surface area contributed by atoms with Crippen LogP contribution in [-0.4, -0.2) is 36.3 Å². The van der Waals surface area contributed by atoms with Crippen LogP contribution in [0.5, 0.6) is 5.75 Å². The van der Waals surface area contributed by atoms with Gasteiger partial charge in [-0.15, -0.1) is 0 Å². The first kappa shape index (κ1) is 18.7. The quantitative estimate of drug-likeness (QED) is 0.608. The average molecular weight is 376 g/mol. The number of esters is 1. The molecular formula is C19H24N2O4S. The Hall–Kier alpha value is -2.12.